The van der Waals surface area contributed by atoms with Crippen LogP contribution in [0.4, 0.5) is 0 Å². The first-order valence-corrected chi connectivity index (χ1v) is 8.42. The van der Waals surface area contributed by atoms with E-state index in [1.165, 1.54) is 0 Å². The highest BCUT2D eigenvalue weighted by atomic mass is 31.2. The topological polar surface area (TPSA) is 121 Å². The van der Waals surface area contributed by atoms with Crippen molar-refractivity contribution < 1.29 is 34.0 Å². The van der Waals surface area contributed by atoms with E-state index in [4.69, 9.17) is 14.9 Å². The van der Waals surface area contributed by atoms with Crippen molar-refractivity contribution in [3.05, 3.63) is 24.0 Å². The van der Waals surface area contributed by atoms with Crippen molar-refractivity contribution in [3.63, 3.8) is 0 Å². The molecule has 0 saturated carbocycles. The molecule has 0 aliphatic heterocycles. The van der Waals surface area contributed by atoms with E-state index >= 15 is 0 Å². The monoisotopic (exact) mass is 320 g/mol. The average Bonchev–Trinajstić information content (AvgIpc) is 2.38. The number of carbonyl (C=O) groups is 2. The van der Waals surface area contributed by atoms with Crippen LogP contribution >= 0.6 is 7.37 Å². The Labute approximate surface area is 123 Å². The SMILES string of the molecule is CC=CC(=CC)OCP(=O)(O)CC(CCC(=O)O)C(=O)O. The third kappa shape index (κ3) is 9.05. The highest BCUT2D eigenvalue weighted by molar-refractivity contribution is 7.57. The number of rotatable bonds is 10. The fraction of sp³-hybridized carbons (Fsp3) is 0.538. The number of ether oxygens (including phenoxy) is 1. The molecule has 0 aromatic carbocycles. The van der Waals surface area contributed by atoms with Crippen LogP contribution in [-0.4, -0.2) is 39.6 Å². The Morgan fingerprint density at radius 1 is 1.29 bits per heavy atom. The predicted octanol–water partition coefficient (Wildman–Crippen LogP) is 2.28. The van der Waals surface area contributed by atoms with Gasteiger partial charge in [0.1, 0.15) is 5.76 Å². The van der Waals surface area contributed by atoms with E-state index in [0.717, 1.165) is 0 Å². The van der Waals surface area contributed by atoms with Gasteiger partial charge in [0.15, 0.2) is 6.35 Å². The first kappa shape index (κ1) is 19.4. The lowest BCUT2D eigenvalue weighted by atomic mass is 10.1. The third-order valence-corrected chi connectivity index (χ3v) is 4.15. The molecule has 0 rings (SSSR count). The van der Waals surface area contributed by atoms with Gasteiger partial charge in [0, 0.05) is 12.6 Å². The maximum absolute atomic E-state index is 12.0. The van der Waals surface area contributed by atoms with Gasteiger partial charge in [-0.2, -0.15) is 0 Å². The molecule has 0 radical (unpaired) electrons. The van der Waals surface area contributed by atoms with Crippen molar-refractivity contribution in [2.75, 3.05) is 12.5 Å². The first-order chi connectivity index (χ1) is 9.71. The summed E-state index contributed by atoms with van der Waals surface area (Å²) in [7, 11) is -3.82. The molecule has 0 aliphatic carbocycles. The normalized spacial score (nSPS) is 16.4. The van der Waals surface area contributed by atoms with Gasteiger partial charge in [-0.05, 0) is 32.4 Å². The molecule has 0 aromatic heterocycles. The summed E-state index contributed by atoms with van der Waals surface area (Å²) in [5.74, 6) is -3.21. The zero-order chi connectivity index (χ0) is 16.5. The van der Waals surface area contributed by atoms with Crippen LogP contribution in [0.5, 0.6) is 0 Å². The molecule has 0 saturated heterocycles. The van der Waals surface area contributed by atoms with Crippen molar-refractivity contribution in [2.24, 2.45) is 5.92 Å². The molecule has 3 N–H and O–H groups in total. The third-order valence-electron chi connectivity index (χ3n) is 2.61. The summed E-state index contributed by atoms with van der Waals surface area (Å²) in [6, 6.07) is 0. The number of hydrogen-bond acceptors (Lipinski definition) is 4. The Hall–Kier alpha value is -1.59. The van der Waals surface area contributed by atoms with Gasteiger partial charge in [-0.1, -0.05) is 6.08 Å². The lowest BCUT2D eigenvalue weighted by molar-refractivity contribution is -0.142. The van der Waals surface area contributed by atoms with Gasteiger partial charge < -0.3 is 19.8 Å². The number of allylic oxidation sites excluding steroid dienone is 3. The predicted molar refractivity (Wildman–Crippen MR) is 77.2 cm³/mol. The van der Waals surface area contributed by atoms with Gasteiger partial charge in [-0.15, -0.1) is 0 Å². The zero-order valence-corrected chi connectivity index (χ0v) is 13.0. The number of carboxylic acid groups (broad SMARTS) is 2. The molecule has 0 aromatic rings. The lowest BCUT2D eigenvalue weighted by Crippen LogP contribution is -2.20. The second-order valence-electron chi connectivity index (χ2n) is 4.46. The van der Waals surface area contributed by atoms with Crippen LogP contribution < -0.4 is 0 Å². The highest BCUT2D eigenvalue weighted by Gasteiger charge is 2.30. The smallest absolute Gasteiger partial charge is 0.307 e. The minimum Gasteiger partial charge on any atom is -0.484 e. The van der Waals surface area contributed by atoms with Crippen LogP contribution in [-0.2, 0) is 18.9 Å². The maximum atomic E-state index is 12.0. The van der Waals surface area contributed by atoms with E-state index in [0.29, 0.717) is 5.76 Å². The van der Waals surface area contributed by atoms with E-state index in [1.54, 1.807) is 32.1 Å². The molecule has 21 heavy (non-hydrogen) atoms. The maximum Gasteiger partial charge on any atom is 0.307 e. The molecular weight excluding hydrogens is 299 g/mol. The van der Waals surface area contributed by atoms with Gasteiger partial charge in [0.2, 0.25) is 7.37 Å². The summed E-state index contributed by atoms with van der Waals surface area (Å²) in [5, 5.41) is 17.5. The van der Waals surface area contributed by atoms with E-state index in [1.807, 2.05) is 0 Å². The second-order valence-corrected chi connectivity index (χ2v) is 6.78. The van der Waals surface area contributed by atoms with Gasteiger partial charge in [-0.3, -0.25) is 14.2 Å². The van der Waals surface area contributed by atoms with E-state index < -0.39 is 37.7 Å². The van der Waals surface area contributed by atoms with Crippen molar-refractivity contribution >= 4 is 19.3 Å². The fourth-order valence-electron chi connectivity index (χ4n) is 1.55. The van der Waals surface area contributed by atoms with Crippen LogP contribution in [0.2, 0.25) is 0 Å². The molecule has 0 amide bonds. The minimum atomic E-state index is -3.82. The quantitative estimate of drug-likeness (QED) is 0.321. The highest BCUT2D eigenvalue weighted by Crippen LogP contribution is 2.43. The molecule has 2 atom stereocenters. The van der Waals surface area contributed by atoms with Crippen molar-refractivity contribution in [1.82, 2.24) is 0 Å². The molecular formula is C13H21O7P. The molecule has 7 nitrogen and oxygen atoms in total. The minimum absolute atomic E-state index is 0.194. The standard InChI is InChI=1S/C13H21O7P/c1-3-5-11(4-2)20-9-21(18,19)8-10(13(16)17)6-7-12(14)15/h3-5,10H,6-9H2,1-2H3,(H,14,15)(H,16,17)(H,18,19). The van der Waals surface area contributed by atoms with Crippen LogP contribution in [0, 0.1) is 5.92 Å². The van der Waals surface area contributed by atoms with Crippen molar-refractivity contribution in [3.8, 4) is 0 Å². The van der Waals surface area contributed by atoms with Crippen molar-refractivity contribution in [2.45, 2.75) is 26.7 Å². The fourth-order valence-corrected chi connectivity index (χ4v) is 3.04. The number of hydrogen-bond donors (Lipinski definition) is 3. The second kappa shape index (κ2) is 9.37. The Morgan fingerprint density at radius 3 is 2.33 bits per heavy atom. The van der Waals surface area contributed by atoms with Crippen LogP contribution in [0.1, 0.15) is 26.7 Å². The lowest BCUT2D eigenvalue weighted by Gasteiger charge is -2.17. The number of carboxylic acids is 2. The molecule has 0 spiro atoms. The molecule has 8 heteroatoms. The first-order valence-electron chi connectivity index (χ1n) is 6.39. The summed E-state index contributed by atoms with van der Waals surface area (Å²) in [4.78, 5) is 31.2. The molecule has 0 bridgehead atoms. The van der Waals surface area contributed by atoms with E-state index in [9.17, 15) is 19.0 Å². The summed E-state index contributed by atoms with van der Waals surface area (Å²) < 4.78 is 17.1. The van der Waals surface area contributed by atoms with Crippen LogP contribution in [0.3, 0.4) is 0 Å². The molecule has 2 unspecified atom stereocenters. The Morgan fingerprint density at radius 2 is 1.90 bits per heavy atom. The summed E-state index contributed by atoms with van der Waals surface area (Å²) in [5.41, 5.74) is 0. The summed E-state index contributed by atoms with van der Waals surface area (Å²) >= 11 is 0. The molecule has 120 valence electrons. The van der Waals surface area contributed by atoms with Gasteiger partial charge in [0.25, 0.3) is 0 Å². The van der Waals surface area contributed by atoms with Crippen molar-refractivity contribution in [1.29, 1.82) is 0 Å². The molecule has 0 aliphatic rings. The Bertz CT molecular complexity index is 467. The summed E-state index contributed by atoms with van der Waals surface area (Å²) in [6.07, 6.45) is 3.34. The zero-order valence-electron chi connectivity index (χ0n) is 12.1. The Kier molecular flexibility index (Phi) is 8.66. The molecule has 0 fully saturated rings. The molecule has 0 heterocycles. The van der Waals surface area contributed by atoms with E-state index in [-0.39, 0.29) is 12.8 Å². The van der Waals surface area contributed by atoms with Gasteiger partial charge in [0.05, 0.1) is 5.92 Å². The largest absolute Gasteiger partial charge is 0.484 e. The van der Waals surface area contributed by atoms with E-state index in [2.05, 4.69) is 0 Å². The van der Waals surface area contributed by atoms with Gasteiger partial charge >= 0.3 is 11.9 Å². The number of aliphatic carboxylic acids is 2. The average molecular weight is 320 g/mol. The Balaban J connectivity index is 4.63. The summed E-state index contributed by atoms with van der Waals surface area (Å²) in [6.45, 7) is 3.46. The van der Waals surface area contributed by atoms with Gasteiger partial charge in [-0.25, -0.2) is 0 Å². The van der Waals surface area contributed by atoms with Crippen LogP contribution in [0.15, 0.2) is 24.0 Å². The van der Waals surface area contributed by atoms with Crippen LogP contribution in [0.25, 0.3) is 0 Å².